The lowest BCUT2D eigenvalue weighted by Crippen LogP contribution is -2.46. The van der Waals surface area contributed by atoms with Gasteiger partial charge in [-0.1, -0.05) is 36.8 Å². The highest BCUT2D eigenvalue weighted by molar-refractivity contribution is 5.95. The van der Waals surface area contributed by atoms with Gasteiger partial charge in [0.05, 0.1) is 18.7 Å². The van der Waals surface area contributed by atoms with Gasteiger partial charge in [-0.2, -0.15) is 0 Å². The molecule has 0 bridgehead atoms. The Labute approximate surface area is 177 Å². The van der Waals surface area contributed by atoms with Crippen LogP contribution in [0.25, 0.3) is 0 Å². The average Bonchev–Trinajstić information content (AvgIpc) is 2.80. The second-order valence-electron chi connectivity index (χ2n) is 7.89. The molecule has 0 aliphatic carbocycles. The third-order valence-corrected chi connectivity index (χ3v) is 5.99. The number of ether oxygens (including phenoxy) is 2. The number of benzene rings is 2. The Morgan fingerprint density at radius 2 is 1.87 bits per heavy atom. The van der Waals surface area contributed by atoms with Crippen LogP contribution in [0.4, 0.5) is 0 Å². The first kappa shape index (κ1) is 20.4. The highest BCUT2D eigenvalue weighted by atomic mass is 16.5. The maximum atomic E-state index is 12.8. The number of piperidine rings is 1. The van der Waals surface area contributed by atoms with Gasteiger partial charge in [0.2, 0.25) is 0 Å². The van der Waals surface area contributed by atoms with Gasteiger partial charge in [0, 0.05) is 13.0 Å². The molecule has 6 nitrogen and oxygen atoms in total. The minimum atomic E-state index is -0.787. The van der Waals surface area contributed by atoms with Gasteiger partial charge < -0.3 is 14.8 Å². The van der Waals surface area contributed by atoms with E-state index < -0.39 is 12.1 Å². The number of likely N-dealkylation sites (tertiary alicyclic amines) is 1. The molecular weight excluding hydrogens is 380 g/mol. The predicted octanol–water partition coefficient (Wildman–Crippen LogP) is 3.12. The number of hydrogen-bond donors (Lipinski definition) is 1. The van der Waals surface area contributed by atoms with Crippen molar-refractivity contribution in [2.24, 2.45) is 0 Å². The summed E-state index contributed by atoms with van der Waals surface area (Å²) >= 11 is 0. The third-order valence-electron chi connectivity index (χ3n) is 5.99. The molecule has 2 heterocycles. The van der Waals surface area contributed by atoms with Gasteiger partial charge in [-0.3, -0.25) is 9.69 Å². The smallest absolute Gasteiger partial charge is 0.339 e. The van der Waals surface area contributed by atoms with E-state index in [0.717, 1.165) is 42.8 Å². The van der Waals surface area contributed by atoms with Gasteiger partial charge in [-0.25, -0.2) is 4.79 Å². The van der Waals surface area contributed by atoms with E-state index in [4.69, 9.17) is 9.47 Å². The maximum absolute atomic E-state index is 12.8. The van der Waals surface area contributed by atoms with Gasteiger partial charge in [0.1, 0.15) is 5.75 Å². The molecule has 2 atom stereocenters. The Balaban J connectivity index is 1.45. The molecule has 158 valence electrons. The number of rotatable bonds is 6. The first-order valence-electron chi connectivity index (χ1n) is 10.6. The van der Waals surface area contributed by atoms with Crippen molar-refractivity contribution in [1.29, 1.82) is 0 Å². The maximum Gasteiger partial charge on any atom is 0.339 e. The van der Waals surface area contributed by atoms with E-state index in [1.807, 2.05) is 24.3 Å². The zero-order chi connectivity index (χ0) is 20.9. The summed E-state index contributed by atoms with van der Waals surface area (Å²) in [6, 6.07) is 15.4. The SMILES string of the molecule is COc1ccc(C(CNC(=O)C2Cc3ccccc3C(=O)O2)N2CCCCC2)cc1. The van der Waals surface area contributed by atoms with Gasteiger partial charge in [-0.05, 0) is 55.3 Å². The number of nitrogens with zero attached hydrogens (tertiary/aromatic N) is 1. The van der Waals surface area contributed by atoms with Crippen molar-refractivity contribution in [2.45, 2.75) is 37.8 Å². The van der Waals surface area contributed by atoms with E-state index in [0.29, 0.717) is 18.5 Å². The Bertz CT molecular complexity index is 890. The van der Waals surface area contributed by atoms with Crippen LogP contribution in [0.15, 0.2) is 48.5 Å². The molecule has 0 saturated carbocycles. The van der Waals surface area contributed by atoms with Crippen LogP contribution >= 0.6 is 0 Å². The summed E-state index contributed by atoms with van der Waals surface area (Å²) in [5.74, 6) is 0.140. The van der Waals surface area contributed by atoms with Crippen molar-refractivity contribution in [3.63, 3.8) is 0 Å². The van der Waals surface area contributed by atoms with E-state index in [2.05, 4.69) is 22.3 Å². The summed E-state index contributed by atoms with van der Waals surface area (Å²) < 4.78 is 10.7. The van der Waals surface area contributed by atoms with Gasteiger partial charge in [-0.15, -0.1) is 0 Å². The summed E-state index contributed by atoms with van der Waals surface area (Å²) in [7, 11) is 1.65. The summed E-state index contributed by atoms with van der Waals surface area (Å²) in [4.78, 5) is 27.5. The fourth-order valence-corrected chi connectivity index (χ4v) is 4.30. The van der Waals surface area contributed by atoms with Crippen LogP contribution in [0.1, 0.15) is 46.8 Å². The fraction of sp³-hybridized carbons (Fsp3) is 0.417. The Morgan fingerprint density at radius 3 is 2.60 bits per heavy atom. The largest absolute Gasteiger partial charge is 0.497 e. The lowest BCUT2D eigenvalue weighted by molar-refractivity contribution is -0.130. The lowest BCUT2D eigenvalue weighted by atomic mass is 9.98. The first-order chi connectivity index (χ1) is 14.7. The minimum absolute atomic E-state index is 0.0757. The van der Waals surface area contributed by atoms with Crippen LogP contribution in [0.2, 0.25) is 0 Å². The summed E-state index contributed by atoms with van der Waals surface area (Å²) in [6.07, 6.45) is 3.19. The number of esters is 1. The van der Waals surface area contributed by atoms with E-state index in [-0.39, 0.29) is 11.9 Å². The lowest BCUT2D eigenvalue weighted by Gasteiger charge is -2.35. The van der Waals surface area contributed by atoms with E-state index in [1.165, 1.54) is 6.42 Å². The number of carbonyl (C=O) groups excluding carboxylic acids is 2. The Hall–Kier alpha value is -2.86. The topological polar surface area (TPSA) is 67.9 Å². The van der Waals surface area contributed by atoms with Gasteiger partial charge >= 0.3 is 5.97 Å². The molecule has 1 N–H and O–H groups in total. The van der Waals surface area contributed by atoms with Crippen LogP contribution in [0.5, 0.6) is 5.75 Å². The van der Waals surface area contributed by atoms with Gasteiger partial charge in [0.15, 0.2) is 6.10 Å². The zero-order valence-electron chi connectivity index (χ0n) is 17.3. The minimum Gasteiger partial charge on any atom is -0.497 e. The van der Waals surface area contributed by atoms with Crippen LogP contribution < -0.4 is 10.1 Å². The summed E-state index contributed by atoms with van der Waals surface area (Å²) in [5.41, 5.74) is 2.55. The molecule has 6 heteroatoms. The standard InChI is InChI=1S/C24H28N2O4/c1-29-19-11-9-17(10-12-19)21(26-13-5-2-6-14-26)16-25-23(27)22-15-18-7-3-4-8-20(18)24(28)30-22/h3-4,7-12,21-22H,2,5-6,13-16H2,1H3,(H,25,27). The van der Waals surface area contributed by atoms with Crippen LogP contribution in [-0.2, 0) is 16.0 Å². The van der Waals surface area contributed by atoms with Crippen molar-refractivity contribution in [1.82, 2.24) is 10.2 Å². The third kappa shape index (κ3) is 4.49. The van der Waals surface area contributed by atoms with Gasteiger partial charge in [0.25, 0.3) is 5.91 Å². The number of fused-ring (bicyclic) bond motifs is 1. The molecule has 1 saturated heterocycles. The molecule has 2 aromatic rings. The number of nitrogens with one attached hydrogen (secondary N) is 1. The molecule has 4 rings (SSSR count). The number of amides is 1. The second kappa shape index (κ2) is 9.30. The summed E-state index contributed by atoms with van der Waals surface area (Å²) in [5, 5.41) is 3.04. The Kier molecular flexibility index (Phi) is 6.33. The molecule has 1 amide bonds. The fourth-order valence-electron chi connectivity index (χ4n) is 4.30. The molecule has 2 aliphatic heterocycles. The van der Waals surface area contributed by atoms with Crippen LogP contribution in [0.3, 0.4) is 0 Å². The van der Waals surface area contributed by atoms with Crippen molar-refractivity contribution in [3.8, 4) is 5.75 Å². The molecule has 0 spiro atoms. The molecule has 30 heavy (non-hydrogen) atoms. The molecule has 2 aromatic carbocycles. The molecule has 2 unspecified atom stereocenters. The molecule has 0 radical (unpaired) electrons. The van der Waals surface area contributed by atoms with Crippen LogP contribution in [0, 0.1) is 0 Å². The monoisotopic (exact) mass is 408 g/mol. The molecule has 2 aliphatic rings. The first-order valence-corrected chi connectivity index (χ1v) is 10.6. The number of carbonyl (C=O) groups is 2. The van der Waals surface area contributed by atoms with E-state index in [1.54, 1.807) is 19.2 Å². The highest BCUT2D eigenvalue weighted by Crippen LogP contribution is 2.26. The number of cyclic esters (lactones) is 1. The van der Waals surface area contributed by atoms with Crippen molar-refractivity contribution >= 4 is 11.9 Å². The number of methoxy groups -OCH3 is 1. The van der Waals surface area contributed by atoms with E-state index >= 15 is 0 Å². The molecule has 1 fully saturated rings. The van der Waals surface area contributed by atoms with Crippen molar-refractivity contribution in [3.05, 3.63) is 65.2 Å². The quantitative estimate of drug-likeness (QED) is 0.744. The zero-order valence-corrected chi connectivity index (χ0v) is 17.3. The van der Waals surface area contributed by atoms with Crippen molar-refractivity contribution in [2.75, 3.05) is 26.7 Å². The normalized spacial score (nSPS) is 20.0. The van der Waals surface area contributed by atoms with Crippen molar-refractivity contribution < 1.29 is 19.1 Å². The highest BCUT2D eigenvalue weighted by Gasteiger charge is 2.32. The average molecular weight is 408 g/mol. The molecule has 0 aromatic heterocycles. The van der Waals surface area contributed by atoms with E-state index in [9.17, 15) is 9.59 Å². The Morgan fingerprint density at radius 1 is 1.13 bits per heavy atom. The molecular formula is C24H28N2O4. The predicted molar refractivity (Wildman–Crippen MR) is 114 cm³/mol. The summed E-state index contributed by atoms with van der Waals surface area (Å²) in [6.45, 7) is 2.50. The van der Waals surface area contributed by atoms with Crippen LogP contribution in [-0.4, -0.2) is 49.6 Å². The second-order valence-corrected chi connectivity index (χ2v) is 7.89. The number of hydrogen-bond acceptors (Lipinski definition) is 5.